The van der Waals surface area contributed by atoms with E-state index < -0.39 is 6.04 Å². The molecule has 2 N–H and O–H groups in total. The van der Waals surface area contributed by atoms with Crippen LogP contribution in [0.25, 0.3) is 0 Å². The SMILES string of the molecule is CC(N)C(=O)OC1CC1c1ccc(C(C)(C)C)cc1.Cl. The number of carbonyl (C=O) groups is 1. The Morgan fingerprint density at radius 2 is 1.85 bits per heavy atom. The first kappa shape index (κ1) is 17.0. The van der Waals surface area contributed by atoms with E-state index >= 15 is 0 Å². The lowest BCUT2D eigenvalue weighted by molar-refractivity contribution is -0.146. The van der Waals surface area contributed by atoms with E-state index in [9.17, 15) is 4.79 Å². The molecule has 2 rings (SSSR count). The first-order valence-corrected chi connectivity index (χ1v) is 6.85. The maximum atomic E-state index is 11.4. The van der Waals surface area contributed by atoms with Crippen LogP contribution in [-0.4, -0.2) is 18.1 Å². The molecule has 0 spiro atoms. The van der Waals surface area contributed by atoms with Gasteiger partial charge in [-0.05, 0) is 29.9 Å². The number of hydrogen-bond donors (Lipinski definition) is 1. The zero-order valence-electron chi connectivity index (χ0n) is 12.6. The lowest BCUT2D eigenvalue weighted by Crippen LogP contribution is -2.29. The molecule has 0 aliphatic heterocycles. The van der Waals surface area contributed by atoms with Gasteiger partial charge in [0.05, 0.1) is 0 Å². The van der Waals surface area contributed by atoms with Crippen LogP contribution in [0.5, 0.6) is 0 Å². The molecule has 1 aliphatic carbocycles. The number of benzene rings is 1. The maximum absolute atomic E-state index is 11.4. The monoisotopic (exact) mass is 297 g/mol. The average Bonchev–Trinajstić information content (AvgIpc) is 3.07. The van der Waals surface area contributed by atoms with Gasteiger partial charge in [0.25, 0.3) is 0 Å². The first-order chi connectivity index (χ1) is 8.79. The number of carbonyl (C=O) groups excluding carboxylic acids is 1. The fraction of sp³-hybridized carbons (Fsp3) is 0.562. The summed E-state index contributed by atoms with van der Waals surface area (Å²) in [5.74, 6) is 0.0375. The van der Waals surface area contributed by atoms with Crippen molar-refractivity contribution in [1.82, 2.24) is 0 Å². The lowest BCUT2D eigenvalue weighted by Gasteiger charge is -2.19. The minimum absolute atomic E-state index is 0. The van der Waals surface area contributed by atoms with Crippen LogP contribution in [0.3, 0.4) is 0 Å². The molecule has 0 heterocycles. The molecule has 0 bridgehead atoms. The van der Waals surface area contributed by atoms with Gasteiger partial charge >= 0.3 is 5.97 Å². The number of esters is 1. The van der Waals surface area contributed by atoms with Crippen LogP contribution in [0.15, 0.2) is 24.3 Å². The van der Waals surface area contributed by atoms with Crippen LogP contribution in [0.2, 0.25) is 0 Å². The Balaban J connectivity index is 0.00000200. The van der Waals surface area contributed by atoms with Crippen molar-refractivity contribution in [3.8, 4) is 0 Å². The van der Waals surface area contributed by atoms with Crippen molar-refractivity contribution in [3.63, 3.8) is 0 Å². The summed E-state index contributed by atoms with van der Waals surface area (Å²) in [6.07, 6.45) is 0.923. The zero-order valence-corrected chi connectivity index (χ0v) is 13.4. The zero-order chi connectivity index (χ0) is 14.2. The van der Waals surface area contributed by atoms with Gasteiger partial charge in [-0.2, -0.15) is 0 Å². The van der Waals surface area contributed by atoms with E-state index in [1.165, 1.54) is 11.1 Å². The van der Waals surface area contributed by atoms with Gasteiger partial charge < -0.3 is 10.5 Å². The summed E-state index contributed by atoms with van der Waals surface area (Å²) in [5, 5.41) is 0. The molecular formula is C16H24ClNO2. The van der Waals surface area contributed by atoms with E-state index in [4.69, 9.17) is 10.5 Å². The number of rotatable bonds is 3. The van der Waals surface area contributed by atoms with Gasteiger partial charge in [0.1, 0.15) is 12.1 Å². The molecule has 0 saturated heterocycles. The average molecular weight is 298 g/mol. The van der Waals surface area contributed by atoms with E-state index in [2.05, 4.69) is 45.0 Å². The molecule has 0 radical (unpaired) electrons. The van der Waals surface area contributed by atoms with Crippen molar-refractivity contribution in [2.75, 3.05) is 0 Å². The molecule has 4 heteroatoms. The van der Waals surface area contributed by atoms with Crippen molar-refractivity contribution >= 4 is 18.4 Å². The van der Waals surface area contributed by atoms with Gasteiger partial charge in [-0.25, -0.2) is 0 Å². The van der Waals surface area contributed by atoms with E-state index in [-0.39, 0.29) is 29.9 Å². The predicted molar refractivity (Wildman–Crippen MR) is 83.3 cm³/mol. The third kappa shape index (κ3) is 3.97. The fourth-order valence-corrected chi connectivity index (χ4v) is 2.14. The summed E-state index contributed by atoms with van der Waals surface area (Å²) in [4.78, 5) is 11.4. The third-order valence-corrected chi connectivity index (χ3v) is 3.58. The molecule has 1 saturated carbocycles. The highest BCUT2D eigenvalue weighted by Crippen LogP contribution is 2.43. The van der Waals surface area contributed by atoms with Crippen LogP contribution < -0.4 is 5.73 Å². The lowest BCUT2D eigenvalue weighted by atomic mass is 9.86. The Morgan fingerprint density at radius 3 is 2.30 bits per heavy atom. The number of hydrogen-bond acceptors (Lipinski definition) is 3. The minimum atomic E-state index is -0.537. The highest BCUT2D eigenvalue weighted by atomic mass is 35.5. The van der Waals surface area contributed by atoms with E-state index in [0.29, 0.717) is 5.92 Å². The van der Waals surface area contributed by atoms with E-state index in [0.717, 1.165) is 6.42 Å². The Kier molecular flexibility index (Phi) is 5.22. The van der Waals surface area contributed by atoms with Gasteiger partial charge in [0.15, 0.2) is 0 Å². The minimum Gasteiger partial charge on any atom is -0.461 e. The number of halogens is 1. The number of ether oxygens (including phenoxy) is 1. The van der Waals surface area contributed by atoms with Gasteiger partial charge in [-0.3, -0.25) is 4.79 Å². The van der Waals surface area contributed by atoms with Gasteiger partial charge in [-0.1, -0.05) is 45.0 Å². The van der Waals surface area contributed by atoms with Crippen LogP contribution in [0.1, 0.15) is 51.2 Å². The van der Waals surface area contributed by atoms with Crippen LogP contribution in [0, 0.1) is 0 Å². The smallest absolute Gasteiger partial charge is 0.322 e. The number of nitrogens with two attached hydrogens (primary N) is 1. The largest absolute Gasteiger partial charge is 0.461 e. The van der Waals surface area contributed by atoms with Crippen molar-refractivity contribution < 1.29 is 9.53 Å². The summed E-state index contributed by atoms with van der Waals surface area (Å²) in [6.45, 7) is 8.25. The fourth-order valence-electron chi connectivity index (χ4n) is 2.14. The summed E-state index contributed by atoms with van der Waals surface area (Å²) in [6, 6.07) is 8.08. The topological polar surface area (TPSA) is 52.3 Å². The van der Waals surface area contributed by atoms with Gasteiger partial charge in [0, 0.05) is 5.92 Å². The highest BCUT2D eigenvalue weighted by molar-refractivity contribution is 5.85. The van der Waals surface area contributed by atoms with E-state index in [1.54, 1.807) is 6.92 Å². The van der Waals surface area contributed by atoms with E-state index in [1.807, 2.05) is 0 Å². The normalized spacial score (nSPS) is 22.6. The predicted octanol–water partition coefficient (Wildman–Crippen LogP) is 3.15. The van der Waals surface area contributed by atoms with Crippen LogP contribution in [0.4, 0.5) is 0 Å². The summed E-state index contributed by atoms with van der Waals surface area (Å²) < 4.78 is 5.32. The molecule has 3 nitrogen and oxygen atoms in total. The van der Waals surface area contributed by atoms with Gasteiger partial charge in [-0.15, -0.1) is 12.4 Å². The molecular weight excluding hydrogens is 274 g/mol. The second-order valence-corrected chi connectivity index (χ2v) is 6.48. The molecule has 1 aromatic rings. The molecule has 1 fully saturated rings. The van der Waals surface area contributed by atoms with Crippen molar-refractivity contribution in [1.29, 1.82) is 0 Å². The maximum Gasteiger partial charge on any atom is 0.322 e. The van der Waals surface area contributed by atoms with Crippen molar-refractivity contribution in [3.05, 3.63) is 35.4 Å². The Morgan fingerprint density at radius 1 is 1.30 bits per heavy atom. The molecule has 3 unspecified atom stereocenters. The molecule has 1 aliphatic rings. The molecule has 3 atom stereocenters. The Labute approximate surface area is 127 Å². The summed E-state index contributed by atoms with van der Waals surface area (Å²) in [5.41, 5.74) is 8.23. The molecule has 20 heavy (non-hydrogen) atoms. The second-order valence-electron chi connectivity index (χ2n) is 6.48. The summed E-state index contributed by atoms with van der Waals surface area (Å²) in [7, 11) is 0. The van der Waals surface area contributed by atoms with Crippen LogP contribution >= 0.6 is 12.4 Å². The molecule has 0 amide bonds. The standard InChI is InChI=1S/C16H23NO2.ClH/c1-10(17)15(18)19-14-9-13(14)11-5-7-12(8-6-11)16(2,3)4;/h5-8,10,13-14H,9,17H2,1-4H3;1H. The van der Waals surface area contributed by atoms with Crippen molar-refractivity contribution in [2.24, 2.45) is 5.73 Å². The first-order valence-electron chi connectivity index (χ1n) is 6.85. The van der Waals surface area contributed by atoms with Gasteiger partial charge in [0.2, 0.25) is 0 Å². The quantitative estimate of drug-likeness (QED) is 0.872. The van der Waals surface area contributed by atoms with Crippen LogP contribution in [-0.2, 0) is 14.9 Å². The highest BCUT2D eigenvalue weighted by Gasteiger charge is 2.42. The second kappa shape index (κ2) is 6.15. The Bertz CT molecular complexity index is 462. The molecule has 0 aromatic heterocycles. The third-order valence-electron chi connectivity index (χ3n) is 3.58. The van der Waals surface area contributed by atoms with Crippen molar-refractivity contribution in [2.45, 2.75) is 57.6 Å². The Hall–Kier alpha value is -1.06. The molecule has 112 valence electrons. The molecule has 1 aromatic carbocycles. The summed E-state index contributed by atoms with van der Waals surface area (Å²) >= 11 is 0.